The molecule has 1 atom stereocenters. The van der Waals surface area contributed by atoms with Crippen LogP contribution in [0.1, 0.15) is 74.9 Å². The predicted molar refractivity (Wildman–Crippen MR) is 176 cm³/mol. The zero-order chi connectivity index (χ0) is 31.2. The van der Waals surface area contributed by atoms with E-state index in [-0.39, 0.29) is 5.91 Å². The molecule has 1 N–H and O–H groups in total. The summed E-state index contributed by atoms with van der Waals surface area (Å²) in [5, 5.41) is 12.3. The molecule has 0 fully saturated rings. The van der Waals surface area contributed by atoms with Crippen molar-refractivity contribution in [3.05, 3.63) is 86.9 Å². The SMILES string of the molecule is C/C=C(\C=C/C(CC(C)CC)=C(C)CC)OC.COc1ccc(Cl)cc1-c1cc(C)ncc1C(=O)Nc1nnc(C)s1. The second-order valence-electron chi connectivity index (χ2n) is 9.90. The Morgan fingerprint density at radius 1 is 1.12 bits per heavy atom. The summed E-state index contributed by atoms with van der Waals surface area (Å²) >= 11 is 7.44. The highest BCUT2D eigenvalue weighted by Crippen LogP contribution is 2.35. The number of nitrogens with one attached hydrogen (secondary N) is 1. The van der Waals surface area contributed by atoms with Crippen LogP contribution in [0.2, 0.25) is 5.02 Å². The molecule has 7 nitrogen and oxygen atoms in total. The molecule has 3 aromatic rings. The minimum atomic E-state index is -0.319. The van der Waals surface area contributed by atoms with Crippen molar-refractivity contribution in [2.75, 3.05) is 19.5 Å². The van der Waals surface area contributed by atoms with Crippen LogP contribution >= 0.6 is 22.9 Å². The van der Waals surface area contributed by atoms with Gasteiger partial charge in [-0.2, -0.15) is 0 Å². The Morgan fingerprint density at radius 3 is 2.43 bits per heavy atom. The molecule has 0 saturated heterocycles. The first-order chi connectivity index (χ1) is 20.1. The third-order valence-electron chi connectivity index (χ3n) is 6.80. The van der Waals surface area contributed by atoms with Crippen molar-refractivity contribution < 1.29 is 14.3 Å². The third-order valence-corrected chi connectivity index (χ3v) is 7.79. The monoisotopic (exact) mass is 610 g/mol. The molecule has 2 aromatic heterocycles. The highest BCUT2D eigenvalue weighted by Gasteiger charge is 2.18. The lowest BCUT2D eigenvalue weighted by molar-refractivity contribution is 0.102. The van der Waals surface area contributed by atoms with E-state index in [2.05, 4.69) is 60.3 Å². The summed E-state index contributed by atoms with van der Waals surface area (Å²) in [7, 11) is 3.29. The van der Waals surface area contributed by atoms with Gasteiger partial charge in [-0.15, -0.1) is 10.2 Å². The van der Waals surface area contributed by atoms with Crippen molar-refractivity contribution in [1.29, 1.82) is 0 Å². The second-order valence-corrected chi connectivity index (χ2v) is 11.5. The van der Waals surface area contributed by atoms with E-state index in [1.54, 1.807) is 32.4 Å². The van der Waals surface area contributed by atoms with E-state index < -0.39 is 0 Å². The molecular weight excluding hydrogens is 568 g/mol. The maximum Gasteiger partial charge on any atom is 0.259 e. The first kappa shape index (κ1) is 34.7. The fourth-order valence-corrected chi connectivity index (χ4v) is 4.72. The van der Waals surface area contributed by atoms with Gasteiger partial charge in [-0.05, 0) is 88.4 Å². The average Bonchev–Trinajstić information content (AvgIpc) is 3.40. The third kappa shape index (κ3) is 10.4. The number of carbonyl (C=O) groups is 1. The predicted octanol–water partition coefficient (Wildman–Crippen LogP) is 9.39. The van der Waals surface area contributed by atoms with E-state index in [1.807, 2.05) is 32.9 Å². The standard InChI is InChI=1S/C17H15ClN4O2S.C16H28O/c1-9-6-12(13-7-11(18)4-5-15(13)24-3)14(8-19-9)16(23)20-17-22-21-10(2)25-17;1-7-13(4)12-15(14(5)8-2)10-11-16(9-3)17-6/h4-8H,1-3H3,(H,20,22,23);9-11,13H,7-8,12H2,1-6H3/b;11-10-,15-14?,16-9+. The Morgan fingerprint density at radius 2 is 1.86 bits per heavy atom. The van der Waals surface area contributed by atoms with E-state index >= 15 is 0 Å². The number of benzene rings is 1. The number of methoxy groups -OCH3 is 2. The average molecular weight is 611 g/mol. The molecule has 0 spiro atoms. The number of carbonyl (C=O) groups excluding carboxylic acids is 1. The minimum absolute atomic E-state index is 0.319. The summed E-state index contributed by atoms with van der Waals surface area (Å²) in [5.41, 5.74) is 5.52. The fourth-order valence-electron chi connectivity index (χ4n) is 3.96. The quantitative estimate of drug-likeness (QED) is 0.172. The summed E-state index contributed by atoms with van der Waals surface area (Å²) in [5.74, 6) is 1.97. The molecule has 0 aliphatic heterocycles. The summed E-state index contributed by atoms with van der Waals surface area (Å²) in [6, 6.07) is 7.10. The molecule has 0 radical (unpaired) electrons. The lowest BCUT2D eigenvalue weighted by Crippen LogP contribution is -2.14. The van der Waals surface area contributed by atoms with Gasteiger partial charge >= 0.3 is 0 Å². The summed E-state index contributed by atoms with van der Waals surface area (Å²) in [6.07, 6.45) is 11.3. The number of hydrogen-bond donors (Lipinski definition) is 1. The Labute approximate surface area is 259 Å². The molecule has 0 bridgehead atoms. The number of pyridine rings is 1. The van der Waals surface area contributed by atoms with Gasteiger partial charge in [0, 0.05) is 28.0 Å². The van der Waals surface area contributed by atoms with Crippen LogP contribution in [0, 0.1) is 19.8 Å². The summed E-state index contributed by atoms with van der Waals surface area (Å²) in [4.78, 5) is 17.0. The molecule has 0 aliphatic rings. The van der Waals surface area contributed by atoms with E-state index in [0.717, 1.165) is 40.8 Å². The summed E-state index contributed by atoms with van der Waals surface area (Å²) < 4.78 is 10.7. The zero-order valence-corrected chi connectivity index (χ0v) is 27.7. The van der Waals surface area contributed by atoms with E-state index in [4.69, 9.17) is 21.1 Å². The van der Waals surface area contributed by atoms with Crippen molar-refractivity contribution in [3.8, 4) is 16.9 Å². The minimum Gasteiger partial charge on any atom is -0.497 e. The van der Waals surface area contributed by atoms with Crippen molar-refractivity contribution in [3.63, 3.8) is 0 Å². The first-order valence-corrected chi connectivity index (χ1v) is 15.2. The van der Waals surface area contributed by atoms with Gasteiger partial charge in [0.1, 0.15) is 16.5 Å². The van der Waals surface area contributed by atoms with Crippen LogP contribution in [0.25, 0.3) is 11.1 Å². The molecular formula is C33H43ClN4O3S. The number of aromatic nitrogens is 3. The number of amides is 1. The van der Waals surface area contributed by atoms with E-state index in [0.29, 0.717) is 27.0 Å². The molecule has 226 valence electrons. The first-order valence-electron chi connectivity index (χ1n) is 14.1. The van der Waals surface area contributed by atoms with E-state index in [9.17, 15) is 4.79 Å². The number of anilines is 1. The van der Waals surface area contributed by atoms with Gasteiger partial charge in [-0.25, -0.2) is 0 Å². The lowest BCUT2D eigenvalue weighted by atomic mass is 9.94. The normalized spacial score (nSPS) is 12.8. The fraction of sp³-hybridized carbons (Fsp3) is 0.394. The van der Waals surface area contributed by atoms with Crippen LogP contribution in [0.4, 0.5) is 5.13 Å². The van der Waals surface area contributed by atoms with Gasteiger partial charge in [-0.1, -0.05) is 61.8 Å². The number of halogens is 1. The Hall–Kier alpha value is -3.49. The number of nitrogens with zero attached hydrogens (tertiary/aromatic N) is 3. The molecule has 9 heteroatoms. The number of hydrogen-bond acceptors (Lipinski definition) is 7. The van der Waals surface area contributed by atoms with Crippen molar-refractivity contribution in [2.24, 2.45) is 5.92 Å². The number of allylic oxidation sites excluding steroid dienone is 5. The smallest absolute Gasteiger partial charge is 0.259 e. The Kier molecular flexibility index (Phi) is 14.4. The van der Waals surface area contributed by atoms with Crippen LogP contribution in [0.3, 0.4) is 0 Å². The molecule has 42 heavy (non-hydrogen) atoms. The molecule has 3 rings (SSSR count). The van der Waals surface area contributed by atoms with Crippen LogP contribution in [0.15, 0.2) is 65.6 Å². The van der Waals surface area contributed by atoms with E-state index in [1.165, 1.54) is 35.1 Å². The van der Waals surface area contributed by atoms with Crippen LogP contribution in [-0.2, 0) is 4.74 Å². The number of ether oxygens (including phenoxy) is 2. The largest absolute Gasteiger partial charge is 0.497 e. The Balaban J connectivity index is 0.000000319. The zero-order valence-electron chi connectivity index (χ0n) is 26.2. The van der Waals surface area contributed by atoms with Gasteiger partial charge in [0.05, 0.1) is 19.8 Å². The maximum absolute atomic E-state index is 12.7. The molecule has 0 saturated carbocycles. The van der Waals surface area contributed by atoms with Crippen molar-refractivity contribution in [2.45, 2.75) is 67.7 Å². The highest BCUT2D eigenvalue weighted by atomic mass is 35.5. The van der Waals surface area contributed by atoms with Crippen LogP contribution in [-0.4, -0.2) is 35.3 Å². The van der Waals surface area contributed by atoms with Crippen LogP contribution < -0.4 is 10.1 Å². The second kappa shape index (κ2) is 17.5. The Bertz CT molecular complexity index is 1430. The van der Waals surface area contributed by atoms with Crippen molar-refractivity contribution >= 4 is 34.0 Å². The van der Waals surface area contributed by atoms with Gasteiger partial charge in [0.2, 0.25) is 5.13 Å². The molecule has 0 aliphatic carbocycles. The molecule has 1 amide bonds. The topological polar surface area (TPSA) is 86.2 Å². The highest BCUT2D eigenvalue weighted by molar-refractivity contribution is 7.15. The number of rotatable bonds is 11. The number of aryl methyl sites for hydroxylation is 2. The molecule has 1 unspecified atom stereocenters. The molecule has 2 heterocycles. The molecule has 1 aromatic carbocycles. The van der Waals surface area contributed by atoms with Gasteiger partial charge in [0.25, 0.3) is 5.91 Å². The van der Waals surface area contributed by atoms with Gasteiger partial charge in [0.15, 0.2) is 0 Å². The van der Waals surface area contributed by atoms with Gasteiger partial charge < -0.3 is 9.47 Å². The van der Waals surface area contributed by atoms with Crippen LogP contribution in [0.5, 0.6) is 5.75 Å². The van der Waals surface area contributed by atoms with Gasteiger partial charge in [-0.3, -0.25) is 15.1 Å². The van der Waals surface area contributed by atoms with Crippen molar-refractivity contribution in [1.82, 2.24) is 15.2 Å². The lowest BCUT2D eigenvalue weighted by Gasteiger charge is -2.13. The summed E-state index contributed by atoms with van der Waals surface area (Å²) in [6.45, 7) is 14.7. The maximum atomic E-state index is 12.7.